The molecule has 2 aromatic carbocycles. The third-order valence-corrected chi connectivity index (χ3v) is 9.08. The summed E-state index contributed by atoms with van der Waals surface area (Å²) in [6.07, 6.45) is 6.36. The van der Waals surface area contributed by atoms with Gasteiger partial charge in [0.25, 0.3) is 5.56 Å². The van der Waals surface area contributed by atoms with Crippen LogP contribution in [-0.2, 0) is 29.2 Å². The van der Waals surface area contributed by atoms with Crippen LogP contribution in [0.15, 0.2) is 64.8 Å². The normalized spacial score (nSPS) is 13.5. The van der Waals surface area contributed by atoms with Crippen molar-refractivity contribution in [2.45, 2.75) is 69.1 Å². The van der Waals surface area contributed by atoms with Gasteiger partial charge in [-0.3, -0.25) is 23.9 Å². The number of amides is 2. The van der Waals surface area contributed by atoms with Crippen molar-refractivity contribution in [1.29, 1.82) is 0 Å². The average Bonchev–Trinajstić information content (AvgIpc) is 3.74. The number of benzene rings is 2. The first-order valence-corrected chi connectivity index (χ1v) is 16.2. The number of aromatic nitrogens is 3. The van der Waals surface area contributed by atoms with Crippen LogP contribution in [0.3, 0.4) is 0 Å². The Hall–Kier alpha value is -4.78. The van der Waals surface area contributed by atoms with Crippen molar-refractivity contribution in [1.82, 2.24) is 25.2 Å². The molecule has 2 aliphatic heterocycles. The first-order chi connectivity index (χ1) is 22.5. The lowest BCUT2D eigenvalue weighted by molar-refractivity contribution is -0.121. The zero-order chi connectivity index (χ0) is 31.9. The molecule has 0 radical (unpaired) electrons. The average molecular weight is 646 g/mol. The Labute approximate surface area is 269 Å². The van der Waals surface area contributed by atoms with E-state index in [0.717, 1.165) is 17.5 Å². The fraction of sp³-hybridized carbons (Fsp3) is 0.364. The highest BCUT2D eigenvalue weighted by molar-refractivity contribution is 8.00. The number of pyridine rings is 1. The molecule has 6 rings (SSSR count). The van der Waals surface area contributed by atoms with E-state index >= 15 is 0 Å². The molecule has 240 valence electrons. The summed E-state index contributed by atoms with van der Waals surface area (Å²) in [5, 5.41) is 6.34. The number of carbonyl (C=O) groups excluding carboxylic acids is 2. The molecule has 0 bridgehead atoms. The first kappa shape index (κ1) is 31.2. The van der Waals surface area contributed by atoms with E-state index in [1.54, 1.807) is 29.1 Å². The van der Waals surface area contributed by atoms with Gasteiger partial charge in [-0.05, 0) is 54.7 Å². The topological polar surface area (TPSA) is 143 Å². The summed E-state index contributed by atoms with van der Waals surface area (Å²) in [5.74, 6) is 2.24. The van der Waals surface area contributed by atoms with Gasteiger partial charge in [-0.1, -0.05) is 37.2 Å². The molecule has 1 atom stereocenters. The Morgan fingerprint density at radius 1 is 0.913 bits per heavy atom. The first-order valence-electron chi connectivity index (χ1n) is 15.3. The van der Waals surface area contributed by atoms with Crippen LogP contribution in [0.5, 0.6) is 23.0 Å². The summed E-state index contributed by atoms with van der Waals surface area (Å²) in [7, 11) is 0. The van der Waals surface area contributed by atoms with Crippen molar-refractivity contribution in [3.8, 4) is 23.0 Å². The lowest BCUT2D eigenvalue weighted by atomic mass is 10.1. The Morgan fingerprint density at radius 2 is 1.67 bits per heavy atom. The molecule has 12 nitrogen and oxygen atoms in total. The number of ether oxygens (including phenoxy) is 4. The second-order valence-corrected chi connectivity index (χ2v) is 12.1. The molecular weight excluding hydrogens is 610 g/mol. The molecule has 0 spiro atoms. The standard InChI is InChI=1S/C33H35N5O7S/c1-2-29(31(40)36-18-22-7-6-11-34-16-22)46-33-37-24-15-28-27(44-20-45-28)14-23(24)32(41)38(33)12-5-3-4-8-30(39)35-17-21-9-10-25-26(13-21)43-19-42-25/h6-7,9-11,13-16,29H,2-5,8,12,17-20H2,1H3,(H,35,39)(H,36,40)/t29-/m0/s1. The summed E-state index contributed by atoms with van der Waals surface area (Å²) < 4.78 is 23.4. The molecule has 0 aliphatic carbocycles. The maximum absolute atomic E-state index is 13.8. The summed E-state index contributed by atoms with van der Waals surface area (Å²) in [5.41, 5.74) is 2.11. The smallest absolute Gasteiger partial charge is 0.262 e. The summed E-state index contributed by atoms with van der Waals surface area (Å²) >= 11 is 1.27. The maximum atomic E-state index is 13.8. The van der Waals surface area contributed by atoms with E-state index in [0.29, 0.717) is 84.4 Å². The number of nitrogens with one attached hydrogen (secondary N) is 2. The molecule has 0 fully saturated rings. The zero-order valence-electron chi connectivity index (χ0n) is 25.5. The molecular formula is C33H35N5O7S. The van der Waals surface area contributed by atoms with E-state index in [1.165, 1.54) is 11.8 Å². The monoisotopic (exact) mass is 645 g/mol. The van der Waals surface area contributed by atoms with Crippen molar-refractivity contribution in [3.05, 3.63) is 76.3 Å². The number of nitrogens with zero attached hydrogens (tertiary/aromatic N) is 3. The summed E-state index contributed by atoms with van der Waals surface area (Å²) in [6.45, 7) is 3.38. The van der Waals surface area contributed by atoms with Crippen LogP contribution >= 0.6 is 11.8 Å². The van der Waals surface area contributed by atoms with Crippen LogP contribution in [-0.4, -0.2) is 45.2 Å². The fourth-order valence-electron chi connectivity index (χ4n) is 5.21. The van der Waals surface area contributed by atoms with Gasteiger partial charge in [0.05, 0.1) is 16.2 Å². The molecule has 4 heterocycles. The van der Waals surface area contributed by atoms with Gasteiger partial charge < -0.3 is 29.6 Å². The Morgan fingerprint density at radius 3 is 2.46 bits per heavy atom. The van der Waals surface area contributed by atoms with E-state index in [9.17, 15) is 14.4 Å². The molecule has 2 N–H and O–H groups in total. The highest BCUT2D eigenvalue weighted by Gasteiger charge is 2.24. The minimum absolute atomic E-state index is 0.0439. The van der Waals surface area contributed by atoms with Crippen molar-refractivity contribution >= 4 is 34.5 Å². The van der Waals surface area contributed by atoms with Gasteiger partial charge in [-0.15, -0.1) is 0 Å². The number of fused-ring (bicyclic) bond motifs is 3. The number of hydrogen-bond acceptors (Lipinski definition) is 10. The minimum atomic E-state index is -0.463. The van der Waals surface area contributed by atoms with Crippen LogP contribution in [0.1, 0.15) is 50.2 Å². The van der Waals surface area contributed by atoms with E-state index in [1.807, 2.05) is 37.3 Å². The lowest BCUT2D eigenvalue weighted by Gasteiger charge is -2.18. The third-order valence-electron chi connectivity index (χ3n) is 7.73. The Balaban J connectivity index is 1.09. The highest BCUT2D eigenvalue weighted by atomic mass is 32.2. The molecule has 4 aromatic rings. The van der Waals surface area contributed by atoms with E-state index in [-0.39, 0.29) is 31.0 Å². The van der Waals surface area contributed by atoms with Crippen LogP contribution in [0, 0.1) is 0 Å². The molecule has 2 amide bonds. The minimum Gasteiger partial charge on any atom is -0.454 e. The Kier molecular flexibility index (Phi) is 9.87. The van der Waals surface area contributed by atoms with Crippen molar-refractivity contribution in [2.24, 2.45) is 0 Å². The number of rotatable bonds is 14. The van der Waals surface area contributed by atoms with E-state index in [4.69, 9.17) is 23.9 Å². The molecule has 13 heteroatoms. The molecule has 0 unspecified atom stereocenters. The predicted molar refractivity (Wildman–Crippen MR) is 171 cm³/mol. The number of carbonyl (C=O) groups is 2. The summed E-state index contributed by atoms with van der Waals surface area (Å²) in [6, 6.07) is 12.7. The second-order valence-electron chi connectivity index (χ2n) is 10.9. The number of unbranched alkanes of at least 4 members (excludes halogenated alkanes) is 2. The third kappa shape index (κ3) is 7.36. The second kappa shape index (κ2) is 14.5. The van der Waals surface area contributed by atoms with Crippen LogP contribution < -0.4 is 35.1 Å². The van der Waals surface area contributed by atoms with Crippen LogP contribution in [0.25, 0.3) is 10.9 Å². The Bertz CT molecular complexity index is 1780. The van der Waals surface area contributed by atoms with Gasteiger partial charge in [0, 0.05) is 44.5 Å². The zero-order valence-corrected chi connectivity index (χ0v) is 26.3. The quantitative estimate of drug-likeness (QED) is 0.116. The maximum Gasteiger partial charge on any atom is 0.262 e. The SMILES string of the molecule is CC[C@H](Sc1nc2cc3c(cc2c(=O)n1CCCCCC(=O)NCc1ccc2c(c1)OCO2)OCO3)C(=O)NCc1cccnc1. The predicted octanol–water partition coefficient (Wildman–Crippen LogP) is 4.31. The van der Waals surface area contributed by atoms with Crippen LogP contribution in [0.2, 0.25) is 0 Å². The molecule has 2 aromatic heterocycles. The molecule has 2 aliphatic rings. The fourth-order valence-corrected chi connectivity index (χ4v) is 6.27. The molecule has 46 heavy (non-hydrogen) atoms. The summed E-state index contributed by atoms with van der Waals surface area (Å²) in [4.78, 5) is 48.4. The van der Waals surface area contributed by atoms with Gasteiger partial charge in [0.2, 0.25) is 25.4 Å². The van der Waals surface area contributed by atoms with Gasteiger partial charge >= 0.3 is 0 Å². The highest BCUT2D eigenvalue weighted by Crippen LogP contribution is 2.36. The van der Waals surface area contributed by atoms with Crippen molar-refractivity contribution in [2.75, 3.05) is 13.6 Å². The molecule has 0 saturated carbocycles. The van der Waals surface area contributed by atoms with Gasteiger partial charge in [0.15, 0.2) is 28.2 Å². The molecule has 0 saturated heterocycles. The largest absolute Gasteiger partial charge is 0.454 e. The van der Waals surface area contributed by atoms with Gasteiger partial charge in [0.1, 0.15) is 0 Å². The van der Waals surface area contributed by atoms with Crippen LogP contribution in [0.4, 0.5) is 0 Å². The van der Waals surface area contributed by atoms with Gasteiger partial charge in [-0.25, -0.2) is 4.98 Å². The van der Waals surface area contributed by atoms with Crippen molar-refractivity contribution in [3.63, 3.8) is 0 Å². The lowest BCUT2D eigenvalue weighted by Crippen LogP contribution is -2.33. The van der Waals surface area contributed by atoms with Crippen molar-refractivity contribution < 1.29 is 28.5 Å². The van der Waals surface area contributed by atoms with E-state index in [2.05, 4.69) is 15.6 Å². The van der Waals surface area contributed by atoms with Gasteiger partial charge in [-0.2, -0.15) is 0 Å². The van der Waals surface area contributed by atoms with E-state index < -0.39 is 5.25 Å². The number of hydrogen-bond donors (Lipinski definition) is 2. The number of thioether (sulfide) groups is 1.